The van der Waals surface area contributed by atoms with E-state index in [1.165, 1.54) is 7.05 Å². The summed E-state index contributed by atoms with van der Waals surface area (Å²) in [5, 5.41) is 6.89. The molecule has 0 heterocycles. The fourth-order valence-corrected chi connectivity index (χ4v) is 2.27. The van der Waals surface area contributed by atoms with Crippen LogP contribution in [-0.4, -0.2) is 26.2 Å². The number of halogens is 3. The van der Waals surface area contributed by atoms with Gasteiger partial charge in [0.2, 0.25) is 0 Å². The maximum absolute atomic E-state index is 12.3. The number of rotatable bonds is 4. The Morgan fingerprint density at radius 1 is 1.28 bits per heavy atom. The van der Waals surface area contributed by atoms with Crippen molar-refractivity contribution in [3.8, 4) is 0 Å². The fraction of sp³-hybridized carbons (Fsp3) is 0.222. The van der Waals surface area contributed by atoms with Gasteiger partial charge in [0, 0.05) is 7.05 Å². The van der Waals surface area contributed by atoms with Crippen LogP contribution >= 0.6 is 0 Å². The minimum Gasteiger partial charge on any atom is -0.289 e. The Labute approximate surface area is 102 Å². The maximum Gasteiger partial charge on any atom is 0.416 e. The van der Waals surface area contributed by atoms with Gasteiger partial charge in [-0.1, -0.05) is 0 Å². The fourth-order valence-electron chi connectivity index (χ4n) is 1.18. The molecule has 0 fully saturated rings. The highest BCUT2D eigenvalue weighted by Crippen LogP contribution is 2.29. The van der Waals surface area contributed by atoms with Crippen molar-refractivity contribution in [1.29, 1.82) is 5.41 Å². The molecular formula is C9H10F3N3O2S. The summed E-state index contributed by atoms with van der Waals surface area (Å²) in [5.74, 6) is 0. The van der Waals surface area contributed by atoms with Gasteiger partial charge < -0.3 is 0 Å². The molecule has 0 saturated carbocycles. The monoisotopic (exact) mass is 281 g/mol. The summed E-state index contributed by atoms with van der Waals surface area (Å²) in [6.45, 7) is 0. The standard InChI is InChI=1S/C9H10F3N3O2S/c1-14-15(6-13)18(16,17)8-4-2-7(3-5-8)9(10,11)12/h2-6,13-14H,1H3. The molecule has 0 aliphatic heterocycles. The number of hydrogen-bond acceptors (Lipinski definition) is 4. The van der Waals surface area contributed by atoms with E-state index in [1.54, 1.807) is 0 Å². The number of nitrogens with one attached hydrogen (secondary N) is 2. The molecule has 2 N–H and O–H groups in total. The largest absolute Gasteiger partial charge is 0.416 e. The summed E-state index contributed by atoms with van der Waals surface area (Å²) < 4.78 is 61.0. The summed E-state index contributed by atoms with van der Waals surface area (Å²) in [6, 6.07) is 3.02. The minimum absolute atomic E-state index is 0.339. The average molecular weight is 281 g/mol. The number of hydrogen-bond donors (Lipinski definition) is 2. The smallest absolute Gasteiger partial charge is 0.289 e. The van der Waals surface area contributed by atoms with Gasteiger partial charge in [0.05, 0.1) is 10.5 Å². The quantitative estimate of drug-likeness (QED) is 0.498. The van der Waals surface area contributed by atoms with Gasteiger partial charge in [-0.2, -0.15) is 26.0 Å². The highest BCUT2D eigenvalue weighted by molar-refractivity contribution is 7.89. The molecule has 1 aromatic carbocycles. The molecule has 0 saturated heterocycles. The summed E-state index contributed by atoms with van der Waals surface area (Å²) in [4.78, 5) is -0.339. The van der Waals surface area contributed by atoms with E-state index in [2.05, 4.69) is 5.43 Å². The third-order valence-corrected chi connectivity index (χ3v) is 3.75. The van der Waals surface area contributed by atoms with E-state index < -0.39 is 21.8 Å². The first kappa shape index (κ1) is 14.5. The Hall–Kier alpha value is -1.61. The molecule has 1 rings (SSSR count). The van der Waals surface area contributed by atoms with Gasteiger partial charge in [0.1, 0.15) is 6.34 Å². The van der Waals surface area contributed by atoms with E-state index >= 15 is 0 Å². The first-order valence-electron chi connectivity index (χ1n) is 4.63. The van der Waals surface area contributed by atoms with Crippen molar-refractivity contribution in [3.63, 3.8) is 0 Å². The number of sulfonamides is 1. The first-order valence-corrected chi connectivity index (χ1v) is 6.07. The lowest BCUT2D eigenvalue weighted by Gasteiger charge is -2.17. The maximum atomic E-state index is 12.3. The molecular weight excluding hydrogens is 271 g/mol. The molecule has 1 aromatic rings. The molecule has 9 heteroatoms. The van der Waals surface area contributed by atoms with Crippen molar-refractivity contribution < 1.29 is 21.6 Å². The number of alkyl halides is 3. The van der Waals surface area contributed by atoms with Gasteiger partial charge in [-0.05, 0) is 24.3 Å². The van der Waals surface area contributed by atoms with Crippen LogP contribution < -0.4 is 5.43 Å². The number of hydrazine groups is 1. The molecule has 18 heavy (non-hydrogen) atoms. The third kappa shape index (κ3) is 2.79. The van der Waals surface area contributed by atoms with E-state index in [-0.39, 0.29) is 4.90 Å². The van der Waals surface area contributed by atoms with Gasteiger partial charge in [-0.3, -0.25) is 5.41 Å². The Kier molecular flexibility index (Phi) is 3.97. The summed E-state index contributed by atoms with van der Waals surface area (Å²) in [6.07, 6.45) is -4.01. The molecule has 0 aromatic heterocycles. The van der Waals surface area contributed by atoms with Gasteiger partial charge >= 0.3 is 6.18 Å². The van der Waals surface area contributed by atoms with Crippen molar-refractivity contribution in [2.75, 3.05) is 7.05 Å². The zero-order valence-corrected chi connectivity index (χ0v) is 10.0. The molecule has 0 unspecified atom stereocenters. The van der Waals surface area contributed by atoms with E-state index in [9.17, 15) is 21.6 Å². The van der Waals surface area contributed by atoms with E-state index in [0.29, 0.717) is 22.9 Å². The zero-order chi connectivity index (χ0) is 14.0. The Morgan fingerprint density at radius 2 is 1.78 bits per heavy atom. The van der Waals surface area contributed by atoms with Gasteiger partial charge in [-0.25, -0.2) is 5.43 Å². The second-order valence-electron chi connectivity index (χ2n) is 3.18. The van der Waals surface area contributed by atoms with Gasteiger partial charge in [0.25, 0.3) is 10.0 Å². The summed E-state index contributed by atoms with van der Waals surface area (Å²) in [7, 11) is -2.78. The molecule has 0 aliphatic carbocycles. The lowest BCUT2D eigenvalue weighted by Crippen LogP contribution is -2.38. The van der Waals surface area contributed by atoms with Crippen molar-refractivity contribution in [1.82, 2.24) is 9.84 Å². The summed E-state index contributed by atoms with van der Waals surface area (Å²) >= 11 is 0. The van der Waals surface area contributed by atoms with Crippen molar-refractivity contribution in [2.45, 2.75) is 11.1 Å². The lowest BCUT2D eigenvalue weighted by atomic mass is 10.2. The Balaban J connectivity index is 3.17. The minimum atomic E-state index is -4.52. The predicted octanol–water partition coefficient (Wildman–Crippen LogP) is 1.44. The molecule has 5 nitrogen and oxygen atoms in total. The Morgan fingerprint density at radius 3 is 2.11 bits per heavy atom. The van der Waals surface area contributed by atoms with Crippen molar-refractivity contribution in [3.05, 3.63) is 29.8 Å². The van der Waals surface area contributed by atoms with Crippen LogP contribution in [0.25, 0.3) is 0 Å². The van der Waals surface area contributed by atoms with Crippen LogP contribution in [0, 0.1) is 5.41 Å². The predicted molar refractivity (Wildman–Crippen MR) is 58.3 cm³/mol. The Bertz CT molecular complexity index is 525. The molecule has 0 aliphatic rings. The second kappa shape index (κ2) is 4.94. The van der Waals surface area contributed by atoms with Gasteiger partial charge in [0.15, 0.2) is 0 Å². The first-order chi connectivity index (χ1) is 8.23. The molecule has 0 spiro atoms. The van der Waals surface area contributed by atoms with Crippen molar-refractivity contribution >= 4 is 16.4 Å². The molecule has 0 bridgehead atoms. The van der Waals surface area contributed by atoms with Crippen molar-refractivity contribution in [2.24, 2.45) is 0 Å². The van der Waals surface area contributed by atoms with Crippen LogP contribution in [0.15, 0.2) is 29.2 Å². The zero-order valence-electron chi connectivity index (χ0n) is 9.19. The molecule has 0 radical (unpaired) electrons. The van der Waals surface area contributed by atoms with Crippen LogP contribution in [0.4, 0.5) is 13.2 Å². The molecule has 0 amide bonds. The third-order valence-electron chi connectivity index (χ3n) is 2.08. The van der Waals surface area contributed by atoms with E-state index in [0.717, 1.165) is 12.1 Å². The van der Waals surface area contributed by atoms with Crippen LogP contribution in [0.3, 0.4) is 0 Å². The number of benzene rings is 1. The number of nitrogens with zero attached hydrogens (tertiary/aromatic N) is 1. The second-order valence-corrected chi connectivity index (χ2v) is 4.99. The average Bonchev–Trinajstić information content (AvgIpc) is 2.29. The van der Waals surface area contributed by atoms with Crippen LogP contribution in [-0.2, 0) is 16.2 Å². The van der Waals surface area contributed by atoms with Gasteiger partial charge in [-0.15, -0.1) is 0 Å². The van der Waals surface area contributed by atoms with Crippen LogP contribution in [0.1, 0.15) is 5.56 Å². The molecule has 0 atom stereocenters. The SMILES string of the molecule is CNN(C=N)S(=O)(=O)c1ccc(C(F)(F)F)cc1. The topological polar surface area (TPSA) is 73.3 Å². The van der Waals surface area contributed by atoms with E-state index in [4.69, 9.17) is 5.41 Å². The highest BCUT2D eigenvalue weighted by atomic mass is 32.2. The molecule has 100 valence electrons. The highest BCUT2D eigenvalue weighted by Gasteiger charge is 2.31. The van der Waals surface area contributed by atoms with E-state index in [1.807, 2.05) is 0 Å². The normalized spacial score (nSPS) is 12.2. The lowest BCUT2D eigenvalue weighted by molar-refractivity contribution is -0.137. The van der Waals surface area contributed by atoms with Crippen LogP contribution in [0.5, 0.6) is 0 Å². The van der Waals surface area contributed by atoms with Crippen LogP contribution in [0.2, 0.25) is 0 Å². The summed E-state index contributed by atoms with van der Waals surface area (Å²) in [5.41, 5.74) is 1.28.